The van der Waals surface area contributed by atoms with Crippen LogP contribution in [0, 0.1) is 6.92 Å². The molecule has 0 atom stereocenters. The highest BCUT2D eigenvalue weighted by atomic mass is 35.5. The van der Waals surface area contributed by atoms with E-state index in [1.165, 1.54) is 13.4 Å². The number of carboxylic acids is 1. The number of methoxy groups -OCH3 is 1. The fraction of sp³-hybridized carbons (Fsp3) is 0.250. The van der Waals surface area contributed by atoms with Gasteiger partial charge >= 0.3 is 5.97 Å². The molecular formula is C16H16ClNO5. The first-order valence-electron chi connectivity index (χ1n) is 6.81. The van der Waals surface area contributed by atoms with Crippen molar-refractivity contribution in [2.75, 3.05) is 7.11 Å². The van der Waals surface area contributed by atoms with Gasteiger partial charge in [0.1, 0.15) is 17.9 Å². The van der Waals surface area contributed by atoms with Crippen LogP contribution in [0.2, 0.25) is 5.02 Å². The van der Waals surface area contributed by atoms with Crippen molar-refractivity contribution >= 4 is 23.5 Å². The molecule has 0 saturated heterocycles. The van der Waals surface area contributed by atoms with E-state index in [0.29, 0.717) is 21.9 Å². The minimum Gasteiger partial charge on any atom is -0.496 e. The van der Waals surface area contributed by atoms with E-state index in [1.807, 2.05) is 0 Å². The quantitative estimate of drug-likeness (QED) is 0.846. The van der Waals surface area contributed by atoms with Crippen LogP contribution < -0.4 is 10.1 Å². The van der Waals surface area contributed by atoms with Crippen molar-refractivity contribution < 1.29 is 23.8 Å². The molecule has 0 fully saturated rings. The molecule has 7 heteroatoms. The summed E-state index contributed by atoms with van der Waals surface area (Å²) in [5.41, 5.74) is 1.54. The maximum Gasteiger partial charge on any atom is 0.311 e. The Labute approximate surface area is 138 Å². The number of amides is 1. The Hall–Kier alpha value is -2.47. The number of hydrogen-bond donors (Lipinski definition) is 2. The number of ether oxygens (including phenoxy) is 1. The van der Waals surface area contributed by atoms with Gasteiger partial charge in [0.15, 0.2) is 0 Å². The molecule has 6 nitrogen and oxygen atoms in total. The molecule has 0 aliphatic carbocycles. The van der Waals surface area contributed by atoms with Gasteiger partial charge in [-0.2, -0.15) is 0 Å². The van der Waals surface area contributed by atoms with E-state index in [4.69, 9.17) is 25.9 Å². The van der Waals surface area contributed by atoms with Gasteiger partial charge < -0.3 is 19.6 Å². The number of carbonyl (C=O) groups excluding carboxylic acids is 1. The van der Waals surface area contributed by atoms with Crippen molar-refractivity contribution in [3.63, 3.8) is 0 Å². The number of halogens is 1. The van der Waals surface area contributed by atoms with E-state index in [0.717, 1.165) is 0 Å². The molecule has 2 N–H and O–H groups in total. The number of furan rings is 1. The van der Waals surface area contributed by atoms with Crippen LogP contribution in [0.1, 0.15) is 27.2 Å². The lowest BCUT2D eigenvalue weighted by atomic mass is 10.1. The first kappa shape index (κ1) is 16.9. The molecule has 0 spiro atoms. The SMILES string of the molecule is COc1ccc(Cl)cc1CNC(=O)c1c(C)coc1CC(=O)O. The van der Waals surface area contributed by atoms with E-state index in [1.54, 1.807) is 25.1 Å². The van der Waals surface area contributed by atoms with Crippen molar-refractivity contribution in [1.82, 2.24) is 5.32 Å². The molecule has 1 amide bonds. The van der Waals surface area contributed by atoms with Crippen molar-refractivity contribution in [3.8, 4) is 5.75 Å². The third-order valence-corrected chi connectivity index (χ3v) is 3.51. The average Bonchev–Trinajstić information content (AvgIpc) is 2.85. The molecule has 1 aromatic heterocycles. The summed E-state index contributed by atoms with van der Waals surface area (Å²) >= 11 is 5.95. The third kappa shape index (κ3) is 4.04. The van der Waals surface area contributed by atoms with E-state index >= 15 is 0 Å². The second-order valence-electron chi connectivity index (χ2n) is 4.93. The Morgan fingerprint density at radius 2 is 2.13 bits per heavy atom. The molecule has 0 radical (unpaired) electrons. The van der Waals surface area contributed by atoms with E-state index < -0.39 is 11.9 Å². The number of rotatable bonds is 6. The zero-order valence-corrected chi connectivity index (χ0v) is 13.4. The molecule has 0 bridgehead atoms. The van der Waals surface area contributed by atoms with Gasteiger partial charge in [-0.1, -0.05) is 11.6 Å². The molecule has 0 aliphatic heterocycles. The number of aryl methyl sites for hydroxylation is 1. The van der Waals surface area contributed by atoms with E-state index in [2.05, 4.69) is 5.32 Å². The van der Waals surface area contributed by atoms with Crippen molar-refractivity contribution in [1.29, 1.82) is 0 Å². The Morgan fingerprint density at radius 3 is 2.78 bits per heavy atom. The predicted octanol–water partition coefficient (Wildman–Crippen LogP) is 2.81. The summed E-state index contributed by atoms with van der Waals surface area (Å²) in [6.07, 6.45) is 1.02. The fourth-order valence-corrected chi connectivity index (χ4v) is 2.41. The maximum absolute atomic E-state index is 12.3. The molecule has 0 aliphatic rings. The van der Waals surface area contributed by atoms with Crippen LogP contribution >= 0.6 is 11.6 Å². The second-order valence-corrected chi connectivity index (χ2v) is 5.36. The highest BCUT2D eigenvalue weighted by Gasteiger charge is 2.20. The summed E-state index contributed by atoms with van der Waals surface area (Å²) in [6, 6.07) is 5.10. The third-order valence-electron chi connectivity index (χ3n) is 3.27. The smallest absolute Gasteiger partial charge is 0.311 e. The van der Waals surface area contributed by atoms with Gasteiger partial charge in [0.2, 0.25) is 0 Å². The fourth-order valence-electron chi connectivity index (χ4n) is 2.22. The Balaban J connectivity index is 2.16. The Bertz CT molecular complexity index is 738. The van der Waals surface area contributed by atoms with Gasteiger partial charge in [-0.25, -0.2) is 0 Å². The lowest BCUT2D eigenvalue weighted by Crippen LogP contribution is -2.24. The average molecular weight is 338 g/mol. The Morgan fingerprint density at radius 1 is 1.39 bits per heavy atom. The number of hydrogen-bond acceptors (Lipinski definition) is 4. The number of nitrogens with one attached hydrogen (secondary N) is 1. The lowest BCUT2D eigenvalue weighted by Gasteiger charge is -2.10. The molecule has 122 valence electrons. The van der Waals surface area contributed by atoms with Gasteiger partial charge in [-0.3, -0.25) is 9.59 Å². The molecule has 0 unspecified atom stereocenters. The van der Waals surface area contributed by atoms with Gasteiger partial charge in [-0.05, 0) is 25.1 Å². The minimum atomic E-state index is -1.06. The second kappa shape index (κ2) is 7.19. The highest BCUT2D eigenvalue weighted by molar-refractivity contribution is 6.30. The van der Waals surface area contributed by atoms with E-state index in [9.17, 15) is 9.59 Å². The van der Waals surface area contributed by atoms with Crippen LogP contribution in [0.15, 0.2) is 28.9 Å². The van der Waals surface area contributed by atoms with Crippen LogP contribution in [-0.4, -0.2) is 24.1 Å². The minimum absolute atomic E-state index is 0.130. The van der Waals surface area contributed by atoms with Crippen LogP contribution in [-0.2, 0) is 17.8 Å². The summed E-state index contributed by atoms with van der Waals surface area (Å²) in [6.45, 7) is 1.88. The summed E-state index contributed by atoms with van der Waals surface area (Å²) in [7, 11) is 1.53. The molecule has 0 saturated carbocycles. The van der Waals surface area contributed by atoms with Gasteiger partial charge in [0.05, 0.1) is 18.9 Å². The number of carbonyl (C=O) groups is 2. The van der Waals surface area contributed by atoms with Crippen LogP contribution in [0.3, 0.4) is 0 Å². The van der Waals surface area contributed by atoms with Gasteiger partial charge in [0.25, 0.3) is 5.91 Å². The van der Waals surface area contributed by atoms with Crippen LogP contribution in [0.4, 0.5) is 0 Å². The zero-order valence-electron chi connectivity index (χ0n) is 12.7. The first-order valence-corrected chi connectivity index (χ1v) is 7.19. The molecule has 23 heavy (non-hydrogen) atoms. The first-order chi connectivity index (χ1) is 10.9. The highest BCUT2D eigenvalue weighted by Crippen LogP contribution is 2.23. The van der Waals surface area contributed by atoms with E-state index in [-0.39, 0.29) is 24.3 Å². The summed E-state index contributed by atoms with van der Waals surface area (Å²) in [5.74, 6) is -0.741. The summed E-state index contributed by atoms with van der Waals surface area (Å²) < 4.78 is 10.4. The molecular weight excluding hydrogens is 322 g/mol. The van der Waals surface area contributed by atoms with Gasteiger partial charge in [0, 0.05) is 22.7 Å². The Kier molecular flexibility index (Phi) is 5.28. The topological polar surface area (TPSA) is 88.8 Å². The largest absolute Gasteiger partial charge is 0.496 e. The summed E-state index contributed by atoms with van der Waals surface area (Å²) in [4.78, 5) is 23.2. The standard InChI is InChI=1S/C16H16ClNO5/c1-9-8-23-13(6-14(19)20)15(9)16(21)18-7-10-5-11(17)3-4-12(10)22-2/h3-5,8H,6-7H2,1-2H3,(H,18,21)(H,19,20). The summed E-state index contributed by atoms with van der Waals surface area (Å²) in [5, 5.41) is 12.1. The molecule has 1 aromatic carbocycles. The van der Waals surface area contributed by atoms with Crippen LogP contribution in [0.5, 0.6) is 5.75 Å². The number of carboxylic acid groups (broad SMARTS) is 1. The normalized spacial score (nSPS) is 10.4. The van der Waals surface area contributed by atoms with Gasteiger partial charge in [-0.15, -0.1) is 0 Å². The predicted molar refractivity (Wildman–Crippen MR) is 84.0 cm³/mol. The monoisotopic (exact) mass is 337 g/mol. The van der Waals surface area contributed by atoms with Crippen molar-refractivity contribution in [2.45, 2.75) is 19.9 Å². The maximum atomic E-state index is 12.3. The number of benzene rings is 1. The van der Waals surface area contributed by atoms with Crippen molar-refractivity contribution in [2.24, 2.45) is 0 Å². The molecule has 2 rings (SSSR count). The van der Waals surface area contributed by atoms with Crippen molar-refractivity contribution in [3.05, 3.63) is 51.9 Å². The lowest BCUT2D eigenvalue weighted by molar-refractivity contribution is -0.136. The number of aliphatic carboxylic acids is 1. The molecule has 1 heterocycles. The zero-order chi connectivity index (χ0) is 17.0. The van der Waals surface area contributed by atoms with Crippen LogP contribution in [0.25, 0.3) is 0 Å². The molecule has 2 aromatic rings.